The van der Waals surface area contributed by atoms with Crippen LogP contribution in [-0.2, 0) is 11.2 Å². The van der Waals surface area contributed by atoms with Crippen molar-refractivity contribution in [2.45, 2.75) is 33.1 Å². The Morgan fingerprint density at radius 1 is 1.47 bits per heavy atom. The topological polar surface area (TPSA) is 83.6 Å². The lowest BCUT2D eigenvalue weighted by molar-refractivity contribution is -0.125. The Hall–Kier alpha value is -1.46. The van der Waals surface area contributed by atoms with Gasteiger partial charge in [-0.25, -0.2) is 0 Å². The summed E-state index contributed by atoms with van der Waals surface area (Å²) < 4.78 is 0. The molecule has 2 N–H and O–H groups in total. The van der Waals surface area contributed by atoms with Crippen molar-refractivity contribution < 1.29 is 4.79 Å². The van der Waals surface area contributed by atoms with E-state index in [-0.39, 0.29) is 11.8 Å². The molecule has 1 amide bonds. The Morgan fingerprint density at radius 2 is 2.20 bits per heavy atom. The van der Waals surface area contributed by atoms with E-state index in [2.05, 4.69) is 25.9 Å². The molecule has 0 unspecified atom stereocenters. The Balaban J connectivity index is 2.22. The van der Waals surface area contributed by atoms with Gasteiger partial charge in [0.25, 0.3) is 0 Å². The molecule has 6 nitrogen and oxygen atoms in total. The highest BCUT2D eigenvalue weighted by atomic mass is 16.1. The molecule has 0 saturated carbocycles. The summed E-state index contributed by atoms with van der Waals surface area (Å²) in [4.78, 5) is 11.6. The van der Waals surface area contributed by atoms with Gasteiger partial charge in [0.1, 0.15) is 0 Å². The van der Waals surface area contributed by atoms with Gasteiger partial charge in [0.2, 0.25) is 5.91 Å². The van der Waals surface area contributed by atoms with Gasteiger partial charge in [-0.05, 0) is 12.8 Å². The second-order valence-electron chi connectivity index (χ2n) is 3.38. The zero-order valence-electron chi connectivity index (χ0n) is 9.16. The standard InChI is InChI=1S/C9H17N5O/c1-3-7(4-2)9(15)10-6-5-8-11-13-14-12-8/h7H,3-6H2,1-2H3,(H,10,15)(H,11,12,13,14). The van der Waals surface area contributed by atoms with E-state index in [1.807, 2.05) is 13.8 Å². The number of nitrogens with one attached hydrogen (secondary N) is 2. The Labute approximate surface area is 88.8 Å². The van der Waals surface area contributed by atoms with Crippen LogP contribution in [0, 0.1) is 5.92 Å². The fourth-order valence-electron chi connectivity index (χ4n) is 1.39. The predicted octanol–water partition coefficient (Wildman–Crippen LogP) is 0.295. The minimum atomic E-state index is 0.114. The zero-order chi connectivity index (χ0) is 11.1. The predicted molar refractivity (Wildman–Crippen MR) is 55.0 cm³/mol. The van der Waals surface area contributed by atoms with Gasteiger partial charge < -0.3 is 5.32 Å². The van der Waals surface area contributed by atoms with Gasteiger partial charge >= 0.3 is 0 Å². The molecule has 1 heterocycles. The highest BCUT2D eigenvalue weighted by Crippen LogP contribution is 2.06. The van der Waals surface area contributed by atoms with E-state index >= 15 is 0 Å². The molecule has 0 bridgehead atoms. The number of rotatable bonds is 6. The third kappa shape index (κ3) is 3.65. The summed E-state index contributed by atoms with van der Waals surface area (Å²) in [6, 6.07) is 0. The van der Waals surface area contributed by atoms with Gasteiger partial charge in [-0.3, -0.25) is 4.79 Å². The summed E-state index contributed by atoms with van der Waals surface area (Å²) in [7, 11) is 0. The van der Waals surface area contributed by atoms with E-state index < -0.39 is 0 Å². The minimum absolute atomic E-state index is 0.114. The van der Waals surface area contributed by atoms with Crippen LogP contribution in [-0.4, -0.2) is 33.1 Å². The maximum absolute atomic E-state index is 11.6. The normalized spacial score (nSPS) is 10.6. The van der Waals surface area contributed by atoms with Gasteiger partial charge in [0.15, 0.2) is 5.82 Å². The van der Waals surface area contributed by atoms with Crippen LogP contribution >= 0.6 is 0 Å². The number of tetrazole rings is 1. The molecule has 84 valence electrons. The van der Waals surface area contributed by atoms with E-state index in [1.54, 1.807) is 0 Å². The maximum Gasteiger partial charge on any atom is 0.223 e. The van der Waals surface area contributed by atoms with E-state index in [1.165, 1.54) is 0 Å². The molecule has 15 heavy (non-hydrogen) atoms. The summed E-state index contributed by atoms with van der Waals surface area (Å²) in [5.74, 6) is 0.860. The van der Waals surface area contributed by atoms with Crippen molar-refractivity contribution in [2.75, 3.05) is 6.54 Å². The van der Waals surface area contributed by atoms with Crippen molar-refractivity contribution in [2.24, 2.45) is 5.92 Å². The lowest BCUT2D eigenvalue weighted by Gasteiger charge is -2.11. The molecule has 0 spiro atoms. The first kappa shape index (κ1) is 11.6. The molecule has 0 aliphatic rings. The van der Waals surface area contributed by atoms with Gasteiger partial charge in [0.05, 0.1) is 0 Å². The molecule has 0 saturated heterocycles. The third-order valence-corrected chi connectivity index (χ3v) is 2.39. The molecule has 1 rings (SSSR count). The van der Waals surface area contributed by atoms with Crippen LogP contribution in [0.3, 0.4) is 0 Å². The minimum Gasteiger partial charge on any atom is -0.355 e. The van der Waals surface area contributed by atoms with Crippen molar-refractivity contribution in [1.82, 2.24) is 25.9 Å². The first-order chi connectivity index (χ1) is 7.27. The summed E-state index contributed by atoms with van der Waals surface area (Å²) in [5, 5.41) is 16.3. The Morgan fingerprint density at radius 3 is 2.73 bits per heavy atom. The largest absolute Gasteiger partial charge is 0.355 e. The zero-order valence-corrected chi connectivity index (χ0v) is 9.16. The van der Waals surface area contributed by atoms with Crippen molar-refractivity contribution in [3.63, 3.8) is 0 Å². The molecule has 1 aromatic heterocycles. The average Bonchev–Trinajstić information content (AvgIpc) is 2.72. The van der Waals surface area contributed by atoms with Crippen molar-refractivity contribution in [3.05, 3.63) is 5.82 Å². The molecule has 0 aromatic carbocycles. The van der Waals surface area contributed by atoms with E-state index in [4.69, 9.17) is 0 Å². The number of hydrogen-bond acceptors (Lipinski definition) is 4. The molecule has 0 radical (unpaired) electrons. The fraction of sp³-hybridized carbons (Fsp3) is 0.778. The van der Waals surface area contributed by atoms with Crippen LogP contribution in [0.1, 0.15) is 32.5 Å². The second kappa shape index (κ2) is 6.10. The quantitative estimate of drug-likeness (QED) is 0.708. The van der Waals surface area contributed by atoms with E-state index in [0.29, 0.717) is 18.8 Å². The van der Waals surface area contributed by atoms with Crippen molar-refractivity contribution in [3.8, 4) is 0 Å². The lowest BCUT2D eigenvalue weighted by atomic mass is 10.0. The SMILES string of the molecule is CCC(CC)C(=O)NCCc1nn[nH]n1. The lowest BCUT2D eigenvalue weighted by Crippen LogP contribution is -2.31. The molecular weight excluding hydrogens is 194 g/mol. The van der Waals surface area contributed by atoms with E-state index in [9.17, 15) is 4.79 Å². The van der Waals surface area contributed by atoms with Crippen LogP contribution in [0.4, 0.5) is 0 Å². The van der Waals surface area contributed by atoms with E-state index in [0.717, 1.165) is 12.8 Å². The van der Waals surface area contributed by atoms with Gasteiger partial charge in [-0.15, -0.1) is 10.2 Å². The molecule has 0 fully saturated rings. The van der Waals surface area contributed by atoms with Crippen LogP contribution < -0.4 is 5.32 Å². The highest BCUT2D eigenvalue weighted by molar-refractivity contribution is 5.78. The van der Waals surface area contributed by atoms with Crippen LogP contribution in [0.15, 0.2) is 0 Å². The number of hydrogen-bond donors (Lipinski definition) is 2. The number of carbonyl (C=O) groups excluding carboxylic acids is 1. The third-order valence-electron chi connectivity index (χ3n) is 2.39. The monoisotopic (exact) mass is 211 g/mol. The number of aromatic amines is 1. The smallest absolute Gasteiger partial charge is 0.223 e. The summed E-state index contributed by atoms with van der Waals surface area (Å²) in [6.45, 7) is 4.61. The van der Waals surface area contributed by atoms with Crippen molar-refractivity contribution >= 4 is 5.91 Å². The Kier molecular flexibility index (Phi) is 4.73. The van der Waals surface area contributed by atoms with Crippen LogP contribution in [0.25, 0.3) is 0 Å². The number of H-pyrrole nitrogens is 1. The molecule has 0 aliphatic heterocycles. The summed E-state index contributed by atoms with van der Waals surface area (Å²) in [6.07, 6.45) is 2.37. The Bertz CT molecular complexity index is 281. The fourth-order valence-corrected chi connectivity index (χ4v) is 1.39. The molecule has 0 aliphatic carbocycles. The number of aromatic nitrogens is 4. The number of carbonyl (C=O) groups is 1. The number of amides is 1. The summed E-state index contributed by atoms with van der Waals surface area (Å²) in [5.41, 5.74) is 0. The average molecular weight is 211 g/mol. The first-order valence-corrected chi connectivity index (χ1v) is 5.28. The highest BCUT2D eigenvalue weighted by Gasteiger charge is 2.13. The van der Waals surface area contributed by atoms with Crippen LogP contribution in [0.2, 0.25) is 0 Å². The van der Waals surface area contributed by atoms with Gasteiger partial charge in [-0.1, -0.05) is 19.1 Å². The maximum atomic E-state index is 11.6. The van der Waals surface area contributed by atoms with Gasteiger partial charge in [0, 0.05) is 18.9 Å². The van der Waals surface area contributed by atoms with Crippen molar-refractivity contribution in [1.29, 1.82) is 0 Å². The molecule has 0 atom stereocenters. The molecule has 6 heteroatoms. The second-order valence-corrected chi connectivity index (χ2v) is 3.38. The molecule has 1 aromatic rings. The number of nitrogens with zero attached hydrogens (tertiary/aromatic N) is 3. The van der Waals surface area contributed by atoms with Gasteiger partial charge in [-0.2, -0.15) is 5.21 Å². The van der Waals surface area contributed by atoms with Crippen LogP contribution in [0.5, 0.6) is 0 Å². The first-order valence-electron chi connectivity index (χ1n) is 5.28. The summed E-state index contributed by atoms with van der Waals surface area (Å²) >= 11 is 0. The molecular formula is C9H17N5O.